The molecule has 0 fully saturated rings. The van der Waals surface area contributed by atoms with E-state index in [0.29, 0.717) is 21.8 Å². The molecular weight excluding hydrogens is 414 g/mol. The van der Waals surface area contributed by atoms with E-state index in [1.54, 1.807) is 31.2 Å². The molecule has 1 aliphatic carbocycles. The highest BCUT2D eigenvalue weighted by Crippen LogP contribution is 2.38. The number of carbonyl (C=O) groups excluding carboxylic acids is 3. The van der Waals surface area contributed by atoms with Gasteiger partial charge >= 0.3 is 5.97 Å². The average Bonchev–Trinajstić information content (AvgIpc) is 3.10. The van der Waals surface area contributed by atoms with Gasteiger partial charge in [0.15, 0.2) is 0 Å². The van der Waals surface area contributed by atoms with Crippen LogP contribution in [0.2, 0.25) is 0 Å². The minimum atomic E-state index is -0.586. The third-order valence-electron chi connectivity index (χ3n) is 4.79. The fraction of sp³-hybridized carbons (Fsp3) is 0.304. The number of carbonyl (C=O) groups is 3. The van der Waals surface area contributed by atoms with E-state index in [-0.39, 0.29) is 18.1 Å². The van der Waals surface area contributed by atoms with Crippen LogP contribution in [0, 0.1) is 11.3 Å². The van der Waals surface area contributed by atoms with E-state index in [2.05, 4.69) is 10.6 Å². The predicted molar refractivity (Wildman–Crippen MR) is 120 cm³/mol. The number of aryl methyl sites for hydroxylation is 1. The van der Waals surface area contributed by atoms with Gasteiger partial charge in [-0.1, -0.05) is 12.1 Å². The molecule has 1 heterocycles. The summed E-state index contributed by atoms with van der Waals surface area (Å²) in [7, 11) is 0. The molecule has 7 nitrogen and oxygen atoms in total. The molecule has 0 saturated carbocycles. The van der Waals surface area contributed by atoms with Crippen molar-refractivity contribution >= 4 is 45.9 Å². The maximum Gasteiger partial charge on any atom is 0.341 e. The Hall–Kier alpha value is -3.44. The first-order chi connectivity index (χ1) is 14.9. The van der Waals surface area contributed by atoms with Crippen LogP contribution in [0.1, 0.15) is 53.1 Å². The summed E-state index contributed by atoms with van der Waals surface area (Å²) in [5, 5.41) is 15.3. The number of nitrogens with zero attached hydrogens (tertiary/aromatic N) is 1. The number of benzene rings is 1. The average molecular weight is 438 g/mol. The molecule has 0 bridgehead atoms. The van der Waals surface area contributed by atoms with Gasteiger partial charge in [-0.15, -0.1) is 11.3 Å². The van der Waals surface area contributed by atoms with Crippen LogP contribution in [0.25, 0.3) is 6.08 Å². The molecule has 0 radical (unpaired) electrons. The number of hydrogen-bond donors (Lipinski definition) is 2. The van der Waals surface area contributed by atoms with E-state index < -0.39 is 11.9 Å². The lowest BCUT2D eigenvalue weighted by molar-refractivity contribution is -0.114. The Balaban J connectivity index is 1.85. The third kappa shape index (κ3) is 5.38. The fourth-order valence-electron chi connectivity index (χ4n) is 3.42. The lowest BCUT2D eigenvalue weighted by Gasteiger charge is -2.12. The van der Waals surface area contributed by atoms with Gasteiger partial charge in [-0.25, -0.2) is 4.79 Å². The van der Waals surface area contributed by atoms with Crippen molar-refractivity contribution in [3.05, 3.63) is 51.4 Å². The van der Waals surface area contributed by atoms with Crippen molar-refractivity contribution < 1.29 is 19.1 Å². The van der Waals surface area contributed by atoms with Gasteiger partial charge in [0, 0.05) is 17.5 Å². The van der Waals surface area contributed by atoms with Gasteiger partial charge in [0.05, 0.1) is 12.2 Å². The van der Waals surface area contributed by atoms with E-state index >= 15 is 0 Å². The van der Waals surface area contributed by atoms with Gasteiger partial charge in [0.2, 0.25) is 5.91 Å². The molecule has 31 heavy (non-hydrogen) atoms. The van der Waals surface area contributed by atoms with E-state index in [9.17, 15) is 19.6 Å². The highest BCUT2D eigenvalue weighted by Gasteiger charge is 2.27. The standard InChI is InChI=1S/C23H23N3O4S/c1-3-30-23(29)20-18-6-4-5-7-19(18)31-22(20)26-21(28)16(13-24)12-15-8-10-17(11-9-15)25-14(2)27/h8-12H,3-7H2,1-2H3,(H,25,27)(H,26,28)/b16-12+. The maximum atomic E-state index is 12.8. The van der Waals surface area contributed by atoms with Crippen molar-refractivity contribution in [3.63, 3.8) is 0 Å². The van der Waals surface area contributed by atoms with Crippen molar-refractivity contribution in [2.75, 3.05) is 17.2 Å². The molecule has 0 unspecified atom stereocenters. The first kappa shape index (κ1) is 22.2. The normalized spacial score (nSPS) is 13.0. The quantitative estimate of drug-likeness (QED) is 0.398. The smallest absolute Gasteiger partial charge is 0.341 e. The molecule has 1 aromatic heterocycles. The Kier molecular flexibility index (Phi) is 7.21. The maximum absolute atomic E-state index is 12.8. The Labute approximate surface area is 184 Å². The molecule has 0 saturated heterocycles. The third-order valence-corrected chi connectivity index (χ3v) is 5.99. The fourth-order valence-corrected chi connectivity index (χ4v) is 4.70. The van der Waals surface area contributed by atoms with Gasteiger partial charge in [-0.05, 0) is 61.9 Å². The number of anilines is 2. The second kappa shape index (κ2) is 10.0. The summed E-state index contributed by atoms with van der Waals surface area (Å²) >= 11 is 1.38. The number of fused-ring (bicyclic) bond motifs is 1. The van der Waals surface area contributed by atoms with Crippen LogP contribution >= 0.6 is 11.3 Å². The molecule has 2 N–H and O–H groups in total. The van der Waals surface area contributed by atoms with Crippen molar-refractivity contribution in [2.24, 2.45) is 0 Å². The van der Waals surface area contributed by atoms with Gasteiger partial charge in [-0.3, -0.25) is 9.59 Å². The Morgan fingerprint density at radius 3 is 2.52 bits per heavy atom. The molecule has 8 heteroatoms. The molecule has 0 atom stereocenters. The molecule has 3 rings (SSSR count). The number of nitrogens with one attached hydrogen (secondary N) is 2. The largest absolute Gasteiger partial charge is 0.462 e. The first-order valence-electron chi connectivity index (χ1n) is 10.0. The predicted octanol–water partition coefficient (Wildman–Crippen LogP) is 4.31. The van der Waals surface area contributed by atoms with Crippen LogP contribution in [0.15, 0.2) is 29.8 Å². The van der Waals surface area contributed by atoms with Crippen molar-refractivity contribution in [1.29, 1.82) is 5.26 Å². The van der Waals surface area contributed by atoms with Crippen molar-refractivity contribution in [1.82, 2.24) is 0 Å². The monoisotopic (exact) mass is 437 g/mol. The minimum absolute atomic E-state index is 0.0894. The highest BCUT2D eigenvalue weighted by atomic mass is 32.1. The lowest BCUT2D eigenvalue weighted by atomic mass is 9.95. The van der Waals surface area contributed by atoms with E-state index in [4.69, 9.17) is 4.74 Å². The molecular formula is C23H23N3O4S. The molecule has 0 spiro atoms. The molecule has 2 aromatic rings. The molecule has 1 aromatic carbocycles. The molecule has 2 amide bonds. The van der Waals surface area contributed by atoms with Gasteiger partial charge in [0.1, 0.15) is 16.6 Å². The molecule has 0 aliphatic heterocycles. The Morgan fingerprint density at radius 2 is 1.87 bits per heavy atom. The number of ether oxygens (including phenoxy) is 1. The van der Waals surface area contributed by atoms with Gasteiger partial charge in [-0.2, -0.15) is 5.26 Å². The minimum Gasteiger partial charge on any atom is -0.462 e. The second-order valence-corrected chi connectivity index (χ2v) is 8.17. The summed E-state index contributed by atoms with van der Waals surface area (Å²) in [4.78, 5) is 37.6. The van der Waals surface area contributed by atoms with Crippen LogP contribution in [-0.4, -0.2) is 24.4 Å². The highest BCUT2D eigenvalue weighted by molar-refractivity contribution is 7.17. The lowest BCUT2D eigenvalue weighted by Crippen LogP contribution is -2.16. The van der Waals surface area contributed by atoms with Crippen LogP contribution in [0.5, 0.6) is 0 Å². The first-order valence-corrected chi connectivity index (χ1v) is 10.9. The SMILES string of the molecule is CCOC(=O)c1c(NC(=O)/C(C#N)=C/c2ccc(NC(C)=O)cc2)sc2c1CCCC2. The zero-order chi connectivity index (χ0) is 22.4. The van der Waals surface area contributed by atoms with Crippen molar-refractivity contribution in [2.45, 2.75) is 39.5 Å². The number of rotatable bonds is 6. The zero-order valence-electron chi connectivity index (χ0n) is 17.4. The van der Waals surface area contributed by atoms with Crippen LogP contribution < -0.4 is 10.6 Å². The topological polar surface area (TPSA) is 108 Å². The van der Waals surface area contributed by atoms with Crippen LogP contribution in [0.3, 0.4) is 0 Å². The summed E-state index contributed by atoms with van der Waals surface area (Å²) in [5.41, 5.74) is 2.52. The Bertz CT molecular complexity index is 1080. The Morgan fingerprint density at radius 1 is 1.16 bits per heavy atom. The summed E-state index contributed by atoms with van der Waals surface area (Å²) in [6.45, 7) is 3.40. The summed E-state index contributed by atoms with van der Waals surface area (Å²) in [5.74, 6) is -1.22. The number of nitriles is 1. The zero-order valence-corrected chi connectivity index (χ0v) is 18.2. The van der Waals surface area contributed by atoms with Gasteiger partial charge in [0.25, 0.3) is 5.91 Å². The van der Waals surface area contributed by atoms with E-state index in [0.717, 1.165) is 36.1 Å². The molecule has 160 valence electrons. The summed E-state index contributed by atoms with van der Waals surface area (Å²) < 4.78 is 5.20. The van der Waals surface area contributed by atoms with Crippen molar-refractivity contribution in [3.8, 4) is 6.07 Å². The summed E-state index contributed by atoms with van der Waals surface area (Å²) in [6.07, 6.45) is 5.13. The van der Waals surface area contributed by atoms with Crippen LogP contribution in [-0.2, 0) is 27.2 Å². The van der Waals surface area contributed by atoms with Crippen LogP contribution in [0.4, 0.5) is 10.7 Å². The number of amides is 2. The summed E-state index contributed by atoms with van der Waals surface area (Å²) in [6, 6.07) is 8.69. The second-order valence-electron chi connectivity index (χ2n) is 7.06. The van der Waals surface area contributed by atoms with E-state index in [1.807, 2.05) is 6.07 Å². The van der Waals surface area contributed by atoms with Gasteiger partial charge < -0.3 is 15.4 Å². The van der Waals surface area contributed by atoms with E-state index in [1.165, 1.54) is 24.3 Å². The number of hydrogen-bond acceptors (Lipinski definition) is 6. The number of esters is 1. The molecule has 1 aliphatic rings. The number of thiophene rings is 1.